The molecule has 0 saturated heterocycles. The van der Waals surface area contributed by atoms with Gasteiger partial charge in [-0.15, -0.1) is 11.3 Å². The summed E-state index contributed by atoms with van der Waals surface area (Å²) in [6.45, 7) is 3.87. The predicted octanol–water partition coefficient (Wildman–Crippen LogP) is 4.94. The summed E-state index contributed by atoms with van der Waals surface area (Å²) in [5.74, 6) is 0.157. The van der Waals surface area contributed by atoms with Gasteiger partial charge in [0.15, 0.2) is 0 Å². The number of nitrogens with one attached hydrogen (secondary N) is 1. The summed E-state index contributed by atoms with van der Waals surface area (Å²) in [6, 6.07) is 12.7. The van der Waals surface area contributed by atoms with Crippen LogP contribution in [0.4, 0.5) is 10.1 Å². The molecule has 1 N–H and O–H groups in total. The Hall–Kier alpha value is -2.73. The van der Waals surface area contributed by atoms with E-state index in [2.05, 4.69) is 10.3 Å². The van der Waals surface area contributed by atoms with Crippen molar-refractivity contribution in [1.29, 1.82) is 0 Å². The van der Waals surface area contributed by atoms with E-state index in [0.717, 1.165) is 9.88 Å². The fourth-order valence-electron chi connectivity index (χ4n) is 2.17. The number of ether oxygens (including phenoxy) is 1. The van der Waals surface area contributed by atoms with Gasteiger partial charge in [0, 0.05) is 5.69 Å². The van der Waals surface area contributed by atoms with Crippen LogP contribution in [0.15, 0.2) is 48.5 Å². The van der Waals surface area contributed by atoms with Crippen molar-refractivity contribution in [2.45, 2.75) is 13.8 Å². The van der Waals surface area contributed by atoms with Crippen LogP contribution < -0.4 is 10.1 Å². The molecule has 3 aromatic rings. The van der Waals surface area contributed by atoms with Crippen molar-refractivity contribution < 1.29 is 13.9 Å². The molecule has 0 radical (unpaired) electrons. The molecule has 4 nitrogen and oxygen atoms in total. The lowest BCUT2D eigenvalue weighted by Crippen LogP contribution is -2.13. The smallest absolute Gasteiger partial charge is 0.258 e. The minimum atomic E-state index is -0.552. The normalized spacial score (nSPS) is 10.5. The van der Waals surface area contributed by atoms with Gasteiger partial charge in [-0.1, -0.05) is 12.1 Å². The highest BCUT2D eigenvalue weighted by atomic mass is 32.1. The quantitative estimate of drug-likeness (QED) is 0.730. The highest BCUT2D eigenvalue weighted by Gasteiger charge is 2.11. The van der Waals surface area contributed by atoms with Crippen LogP contribution in [0.3, 0.4) is 0 Å². The van der Waals surface area contributed by atoms with Crippen LogP contribution >= 0.6 is 11.3 Å². The molecular weight excluding hydrogens is 327 g/mol. The summed E-state index contributed by atoms with van der Waals surface area (Å²) in [4.78, 5) is 17.4. The molecule has 1 amide bonds. The molecule has 0 spiro atoms. The zero-order chi connectivity index (χ0) is 17.1. The Morgan fingerprint density at radius 3 is 2.46 bits per heavy atom. The molecule has 0 bridgehead atoms. The summed E-state index contributed by atoms with van der Waals surface area (Å²) in [7, 11) is 0. The van der Waals surface area contributed by atoms with Crippen LogP contribution in [0.25, 0.3) is 0 Å². The standard InChI is InChI=1S/C18H15FN2O2S/c1-11-18(20-12(2)24-11)23-14-9-7-13(8-10-14)21-17(22)15-5-3-4-6-16(15)19/h3-10H,1-2H3,(H,21,22). The van der Waals surface area contributed by atoms with Crippen molar-refractivity contribution in [3.05, 3.63) is 69.8 Å². The van der Waals surface area contributed by atoms with Gasteiger partial charge in [0.2, 0.25) is 5.88 Å². The Morgan fingerprint density at radius 1 is 1.12 bits per heavy atom. The lowest BCUT2D eigenvalue weighted by atomic mass is 10.2. The summed E-state index contributed by atoms with van der Waals surface area (Å²) in [5.41, 5.74) is 0.563. The third-order valence-electron chi connectivity index (χ3n) is 3.31. The molecule has 6 heteroatoms. The first-order valence-corrected chi connectivity index (χ1v) is 8.12. The van der Waals surface area contributed by atoms with E-state index in [1.807, 2.05) is 13.8 Å². The number of carbonyl (C=O) groups is 1. The Kier molecular flexibility index (Phi) is 4.57. The van der Waals surface area contributed by atoms with Gasteiger partial charge in [-0.05, 0) is 50.2 Å². The van der Waals surface area contributed by atoms with Gasteiger partial charge in [0.1, 0.15) is 11.6 Å². The van der Waals surface area contributed by atoms with E-state index in [1.165, 1.54) is 12.1 Å². The molecule has 0 aliphatic carbocycles. The molecule has 2 aromatic carbocycles. The monoisotopic (exact) mass is 342 g/mol. The lowest BCUT2D eigenvalue weighted by Gasteiger charge is -2.08. The topological polar surface area (TPSA) is 51.2 Å². The number of anilines is 1. The van der Waals surface area contributed by atoms with Crippen LogP contribution in [-0.4, -0.2) is 10.9 Å². The van der Waals surface area contributed by atoms with E-state index >= 15 is 0 Å². The van der Waals surface area contributed by atoms with E-state index < -0.39 is 11.7 Å². The Bertz CT molecular complexity index is 875. The molecule has 122 valence electrons. The van der Waals surface area contributed by atoms with Gasteiger partial charge in [-0.3, -0.25) is 4.79 Å². The molecule has 0 atom stereocenters. The number of halogens is 1. The number of thiazole rings is 1. The summed E-state index contributed by atoms with van der Waals surface area (Å²) >= 11 is 1.57. The van der Waals surface area contributed by atoms with Crippen LogP contribution in [-0.2, 0) is 0 Å². The van der Waals surface area contributed by atoms with Crippen molar-refractivity contribution in [2.24, 2.45) is 0 Å². The molecule has 0 saturated carbocycles. The number of rotatable bonds is 4. The summed E-state index contributed by atoms with van der Waals surface area (Å²) in [5, 5.41) is 3.60. The van der Waals surface area contributed by atoms with Crippen LogP contribution in [0, 0.1) is 19.7 Å². The fraction of sp³-hybridized carbons (Fsp3) is 0.111. The van der Waals surface area contributed by atoms with E-state index in [1.54, 1.807) is 47.7 Å². The van der Waals surface area contributed by atoms with Crippen LogP contribution in [0.1, 0.15) is 20.2 Å². The third kappa shape index (κ3) is 3.60. The second kappa shape index (κ2) is 6.80. The Balaban J connectivity index is 1.70. The van der Waals surface area contributed by atoms with Gasteiger partial charge in [-0.2, -0.15) is 0 Å². The first kappa shape index (κ1) is 16.1. The lowest BCUT2D eigenvalue weighted by molar-refractivity contribution is 0.102. The molecule has 0 aliphatic rings. The SMILES string of the molecule is Cc1nc(Oc2ccc(NC(=O)c3ccccc3F)cc2)c(C)s1. The maximum absolute atomic E-state index is 13.6. The zero-order valence-corrected chi connectivity index (χ0v) is 14.0. The third-order valence-corrected chi connectivity index (χ3v) is 4.17. The summed E-state index contributed by atoms with van der Waals surface area (Å²) < 4.78 is 19.3. The van der Waals surface area contributed by atoms with Gasteiger partial charge in [0.25, 0.3) is 5.91 Å². The molecule has 0 fully saturated rings. The number of amides is 1. The van der Waals surface area contributed by atoms with Crippen molar-refractivity contribution in [1.82, 2.24) is 4.98 Å². The number of hydrogen-bond acceptors (Lipinski definition) is 4. The van der Waals surface area contributed by atoms with E-state index in [9.17, 15) is 9.18 Å². The maximum Gasteiger partial charge on any atom is 0.258 e. The van der Waals surface area contributed by atoms with Crippen molar-refractivity contribution >= 4 is 22.9 Å². The number of benzene rings is 2. The van der Waals surface area contributed by atoms with Crippen molar-refractivity contribution in [2.75, 3.05) is 5.32 Å². The molecule has 1 aromatic heterocycles. The number of aromatic nitrogens is 1. The molecule has 1 heterocycles. The predicted molar refractivity (Wildman–Crippen MR) is 92.5 cm³/mol. The molecule has 3 rings (SSSR count). The molecule has 0 unspecified atom stereocenters. The highest BCUT2D eigenvalue weighted by Crippen LogP contribution is 2.29. The van der Waals surface area contributed by atoms with E-state index in [0.29, 0.717) is 17.3 Å². The van der Waals surface area contributed by atoms with E-state index in [-0.39, 0.29) is 5.56 Å². The summed E-state index contributed by atoms with van der Waals surface area (Å²) in [6.07, 6.45) is 0. The van der Waals surface area contributed by atoms with Gasteiger partial charge < -0.3 is 10.1 Å². The minimum absolute atomic E-state index is 0.00593. The minimum Gasteiger partial charge on any atom is -0.438 e. The van der Waals surface area contributed by atoms with Gasteiger partial charge in [-0.25, -0.2) is 9.37 Å². The van der Waals surface area contributed by atoms with Crippen molar-refractivity contribution in [3.8, 4) is 11.6 Å². The molecular formula is C18H15FN2O2S. The van der Waals surface area contributed by atoms with Crippen LogP contribution in [0.5, 0.6) is 11.6 Å². The number of hydrogen-bond donors (Lipinski definition) is 1. The van der Waals surface area contributed by atoms with E-state index in [4.69, 9.17) is 4.74 Å². The largest absolute Gasteiger partial charge is 0.438 e. The van der Waals surface area contributed by atoms with Gasteiger partial charge in [0.05, 0.1) is 15.4 Å². The number of carbonyl (C=O) groups excluding carboxylic acids is 1. The molecule has 0 aliphatic heterocycles. The second-order valence-corrected chi connectivity index (χ2v) is 6.56. The maximum atomic E-state index is 13.6. The fourth-order valence-corrected chi connectivity index (χ4v) is 2.91. The Labute approximate surface area is 142 Å². The average molecular weight is 342 g/mol. The number of aryl methyl sites for hydroxylation is 2. The zero-order valence-electron chi connectivity index (χ0n) is 13.2. The van der Waals surface area contributed by atoms with Crippen LogP contribution in [0.2, 0.25) is 0 Å². The Morgan fingerprint density at radius 2 is 1.83 bits per heavy atom. The van der Waals surface area contributed by atoms with Crippen molar-refractivity contribution in [3.63, 3.8) is 0 Å². The highest BCUT2D eigenvalue weighted by molar-refractivity contribution is 7.11. The second-order valence-electron chi connectivity index (χ2n) is 5.15. The molecule has 24 heavy (non-hydrogen) atoms. The van der Waals surface area contributed by atoms with Gasteiger partial charge >= 0.3 is 0 Å². The first-order valence-electron chi connectivity index (χ1n) is 7.31. The number of nitrogens with zero attached hydrogens (tertiary/aromatic N) is 1. The average Bonchev–Trinajstić information content (AvgIpc) is 2.87. The first-order chi connectivity index (χ1) is 11.5.